The molecule has 62 valence electrons. The number of aromatic amines is 2. The molecular formula is C9H8N4+2. The number of anilines is 1. The molecule has 0 amide bonds. The van der Waals surface area contributed by atoms with Gasteiger partial charge in [-0.15, -0.1) is 0 Å². The van der Waals surface area contributed by atoms with Crippen molar-refractivity contribution >= 4 is 16.9 Å². The van der Waals surface area contributed by atoms with Gasteiger partial charge in [-0.25, -0.2) is 4.98 Å². The average molecular weight is 172 g/mol. The normalized spacial score (nSPS) is 9.77. The van der Waals surface area contributed by atoms with E-state index in [-0.39, 0.29) is 0 Å². The lowest BCUT2D eigenvalue weighted by Gasteiger charge is -1.88. The highest BCUT2D eigenvalue weighted by atomic mass is 14.9. The molecule has 4 nitrogen and oxygen atoms in total. The number of aromatic nitrogens is 2. The van der Waals surface area contributed by atoms with Crippen molar-refractivity contribution in [1.29, 1.82) is 5.26 Å². The van der Waals surface area contributed by atoms with Gasteiger partial charge in [0, 0.05) is 6.07 Å². The molecule has 0 aliphatic rings. The third-order valence-corrected chi connectivity index (χ3v) is 1.84. The third-order valence-electron chi connectivity index (χ3n) is 1.84. The zero-order chi connectivity index (χ0) is 9.26. The van der Waals surface area contributed by atoms with Gasteiger partial charge in [0.2, 0.25) is 0 Å². The van der Waals surface area contributed by atoms with Crippen LogP contribution in [0.3, 0.4) is 0 Å². The number of nitriles is 1. The van der Waals surface area contributed by atoms with E-state index in [1.807, 2.05) is 30.3 Å². The summed E-state index contributed by atoms with van der Waals surface area (Å²) >= 11 is 0. The summed E-state index contributed by atoms with van der Waals surface area (Å²) in [5.74, 6) is 0.362. The van der Waals surface area contributed by atoms with Crippen molar-refractivity contribution in [2.45, 2.75) is 0 Å². The molecule has 0 saturated heterocycles. The van der Waals surface area contributed by atoms with Crippen molar-refractivity contribution in [1.82, 2.24) is 0 Å². The topological polar surface area (TPSA) is 78.1 Å². The molecule has 4 N–H and O–H groups in total. The number of benzene rings is 1. The number of para-hydroxylation sites is 2. The van der Waals surface area contributed by atoms with Crippen molar-refractivity contribution in [3.63, 3.8) is 0 Å². The molecule has 0 fully saturated rings. The van der Waals surface area contributed by atoms with E-state index in [0.29, 0.717) is 11.5 Å². The van der Waals surface area contributed by atoms with Crippen LogP contribution in [0.15, 0.2) is 24.3 Å². The number of nitrogen functional groups attached to an aromatic ring is 1. The van der Waals surface area contributed by atoms with Gasteiger partial charge in [-0.3, -0.25) is 5.73 Å². The number of nitrogens with one attached hydrogen (secondary N) is 2. The third kappa shape index (κ3) is 1.16. The molecule has 0 saturated carbocycles. The number of fused-ring (bicyclic) bond motifs is 1. The summed E-state index contributed by atoms with van der Waals surface area (Å²) in [6, 6.07) is 9.54. The van der Waals surface area contributed by atoms with Gasteiger partial charge in [0.15, 0.2) is 11.6 Å². The zero-order valence-electron chi connectivity index (χ0n) is 6.83. The lowest BCUT2D eigenvalue weighted by molar-refractivity contribution is -0.396. The van der Waals surface area contributed by atoms with Crippen LogP contribution in [0.1, 0.15) is 5.69 Å². The van der Waals surface area contributed by atoms with E-state index in [1.165, 1.54) is 0 Å². The lowest BCUT2D eigenvalue weighted by atomic mass is 10.3. The van der Waals surface area contributed by atoms with E-state index in [2.05, 4.69) is 9.97 Å². The van der Waals surface area contributed by atoms with Crippen LogP contribution in [0.4, 0.5) is 5.82 Å². The second kappa shape index (κ2) is 2.72. The molecular weight excluding hydrogens is 164 g/mol. The molecule has 0 spiro atoms. The van der Waals surface area contributed by atoms with Crippen LogP contribution in [0.5, 0.6) is 0 Å². The maximum Gasteiger partial charge on any atom is 0.371 e. The van der Waals surface area contributed by atoms with Gasteiger partial charge in [0.25, 0.3) is 5.52 Å². The SMILES string of the molecule is N#Cc1[nH+]c2ccccc2[nH+]c1N. The maximum absolute atomic E-state index is 8.70. The minimum Gasteiger partial charge on any atom is -0.281 e. The van der Waals surface area contributed by atoms with Gasteiger partial charge >= 0.3 is 11.5 Å². The molecule has 1 aromatic heterocycles. The first-order valence-electron chi connectivity index (χ1n) is 3.84. The molecule has 0 aliphatic heterocycles. The van der Waals surface area contributed by atoms with Crippen LogP contribution in [0.25, 0.3) is 11.0 Å². The molecule has 2 rings (SSSR count). The van der Waals surface area contributed by atoms with Gasteiger partial charge < -0.3 is 0 Å². The van der Waals surface area contributed by atoms with Gasteiger partial charge in [0.05, 0.1) is 0 Å². The summed E-state index contributed by atoms with van der Waals surface area (Å²) in [4.78, 5) is 5.86. The number of nitrogens with zero attached hydrogens (tertiary/aromatic N) is 1. The van der Waals surface area contributed by atoms with Crippen LogP contribution in [-0.4, -0.2) is 0 Å². The molecule has 0 unspecified atom stereocenters. The Kier molecular flexibility index (Phi) is 1.57. The van der Waals surface area contributed by atoms with E-state index in [4.69, 9.17) is 11.0 Å². The number of hydrogen-bond donors (Lipinski definition) is 1. The number of nitrogens with two attached hydrogens (primary N) is 1. The van der Waals surface area contributed by atoms with E-state index in [1.54, 1.807) is 0 Å². The van der Waals surface area contributed by atoms with Crippen molar-refractivity contribution < 1.29 is 9.97 Å². The first kappa shape index (κ1) is 7.50. The Morgan fingerprint density at radius 1 is 1.15 bits per heavy atom. The minimum atomic E-state index is 0.360. The standard InChI is InChI=1S/C9H6N4/c10-5-8-9(11)13-7-4-2-1-3-6(7)12-8/h1-4H,(H2,11,13)/p+2. The Morgan fingerprint density at radius 2 is 1.77 bits per heavy atom. The maximum atomic E-state index is 8.70. The van der Waals surface area contributed by atoms with Gasteiger partial charge in [-0.2, -0.15) is 10.2 Å². The van der Waals surface area contributed by atoms with E-state index < -0.39 is 0 Å². The van der Waals surface area contributed by atoms with Crippen LogP contribution in [-0.2, 0) is 0 Å². The molecule has 0 aliphatic carbocycles. The lowest BCUT2D eigenvalue weighted by Crippen LogP contribution is -2.23. The molecule has 0 radical (unpaired) electrons. The fraction of sp³-hybridized carbons (Fsp3) is 0. The van der Waals surface area contributed by atoms with Crippen molar-refractivity contribution in [3.8, 4) is 6.07 Å². The van der Waals surface area contributed by atoms with Crippen molar-refractivity contribution in [2.24, 2.45) is 0 Å². The minimum absolute atomic E-state index is 0.360. The van der Waals surface area contributed by atoms with Crippen LogP contribution in [0.2, 0.25) is 0 Å². The highest BCUT2D eigenvalue weighted by Crippen LogP contribution is 2.04. The predicted octanol–water partition coefficient (Wildman–Crippen LogP) is -0.0781. The second-order valence-electron chi connectivity index (χ2n) is 2.70. The van der Waals surface area contributed by atoms with E-state index in [0.717, 1.165) is 11.0 Å². The Bertz CT molecular complexity index is 498. The Morgan fingerprint density at radius 3 is 2.38 bits per heavy atom. The zero-order valence-corrected chi connectivity index (χ0v) is 6.83. The summed E-state index contributed by atoms with van der Waals surface area (Å²) < 4.78 is 0. The molecule has 1 heterocycles. The summed E-state index contributed by atoms with van der Waals surface area (Å²) in [7, 11) is 0. The second-order valence-corrected chi connectivity index (χ2v) is 2.70. The first-order chi connectivity index (χ1) is 6.31. The Balaban J connectivity index is 2.83. The summed E-state index contributed by atoms with van der Waals surface area (Å²) in [6.45, 7) is 0. The fourth-order valence-electron chi connectivity index (χ4n) is 1.20. The van der Waals surface area contributed by atoms with E-state index >= 15 is 0 Å². The Labute approximate surface area is 74.6 Å². The van der Waals surface area contributed by atoms with Crippen LogP contribution in [0, 0.1) is 11.3 Å². The molecule has 1 aromatic carbocycles. The number of hydrogen-bond acceptors (Lipinski definition) is 2. The molecule has 2 aromatic rings. The Hall–Kier alpha value is -2.15. The molecule has 0 atom stereocenters. The highest BCUT2D eigenvalue weighted by Gasteiger charge is 2.15. The molecule has 13 heavy (non-hydrogen) atoms. The number of rotatable bonds is 0. The summed E-state index contributed by atoms with van der Waals surface area (Å²) in [5, 5.41) is 8.70. The van der Waals surface area contributed by atoms with Crippen LogP contribution >= 0.6 is 0 Å². The molecule has 4 heteroatoms. The fourth-order valence-corrected chi connectivity index (χ4v) is 1.20. The average Bonchev–Trinajstić information content (AvgIpc) is 2.17. The van der Waals surface area contributed by atoms with Gasteiger partial charge in [-0.1, -0.05) is 12.1 Å². The largest absolute Gasteiger partial charge is 0.371 e. The van der Waals surface area contributed by atoms with Crippen molar-refractivity contribution in [2.75, 3.05) is 5.73 Å². The predicted molar refractivity (Wildman–Crippen MR) is 46.2 cm³/mol. The summed E-state index contributed by atoms with van der Waals surface area (Å²) in [5.41, 5.74) is 7.70. The van der Waals surface area contributed by atoms with Crippen molar-refractivity contribution in [3.05, 3.63) is 30.0 Å². The summed E-state index contributed by atoms with van der Waals surface area (Å²) in [6.07, 6.45) is 0. The highest BCUT2D eigenvalue weighted by molar-refractivity contribution is 5.67. The van der Waals surface area contributed by atoms with Gasteiger partial charge in [-0.05, 0) is 6.07 Å². The van der Waals surface area contributed by atoms with Crippen LogP contribution < -0.4 is 15.7 Å². The van der Waals surface area contributed by atoms with E-state index in [9.17, 15) is 0 Å². The quantitative estimate of drug-likeness (QED) is 0.603. The molecule has 0 bridgehead atoms. The first-order valence-corrected chi connectivity index (χ1v) is 3.84. The van der Waals surface area contributed by atoms with Gasteiger partial charge in [0.1, 0.15) is 0 Å². The monoisotopic (exact) mass is 172 g/mol. The number of H-pyrrole nitrogens is 2. The smallest absolute Gasteiger partial charge is 0.281 e.